The number of fused-ring (bicyclic) bond motifs is 1. The third kappa shape index (κ3) is 1.49. The monoisotopic (exact) mass is 203 g/mol. The highest BCUT2D eigenvalue weighted by molar-refractivity contribution is 5.82. The lowest BCUT2D eigenvalue weighted by atomic mass is 10.2. The zero-order valence-corrected chi connectivity index (χ0v) is 8.64. The minimum Gasteiger partial charge on any atom is -0.484 e. The first-order valence-electron chi connectivity index (χ1n) is 5.14. The number of hydrogen-bond donors (Lipinski definition) is 0. The van der Waals surface area contributed by atoms with Gasteiger partial charge in [-0.2, -0.15) is 0 Å². The molecule has 15 heavy (non-hydrogen) atoms. The first-order chi connectivity index (χ1) is 7.33. The van der Waals surface area contributed by atoms with E-state index < -0.39 is 0 Å². The van der Waals surface area contributed by atoms with E-state index in [0.717, 1.165) is 29.8 Å². The first-order valence-corrected chi connectivity index (χ1v) is 5.14. The number of hydrogen-bond acceptors (Lipinski definition) is 3. The molecule has 1 aromatic heterocycles. The second-order valence-electron chi connectivity index (χ2n) is 4.06. The molecule has 0 aliphatic carbocycles. The average molecular weight is 203 g/mol. The van der Waals surface area contributed by atoms with E-state index in [1.807, 2.05) is 24.3 Å². The molecular weight excluding hydrogens is 190 g/mol. The molecule has 3 heteroatoms. The SMILES string of the molecule is CN1CC(Oc2cccc3ccoc23)C1. The first kappa shape index (κ1) is 8.80. The molecule has 0 unspecified atom stereocenters. The van der Waals surface area contributed by atoms with E-state index in [-0.39, 0.29) is 0 Å². The Morgan fingerprint density at radius 3 is 3.00 bits per heavy atom. The molecule has 1 aliphatic rings. The fraction of sp³-hybridized carbons (Fsp3) is 0.333. The highest BCUT2D eigenvalue weighted by Gasteiger charge is 2.25. The Morgan fingerprint density at radius 1 is 1.33 bits per heavy atom. The van der Waals surface area contributed by atoms with Crippen LogP contribution in [0.25, 0.3) is 11.0 Å². The lowest BCUT2D eigenvalue weighted by molar-refractivity contribution is 0.0392. The van der Waals surface area contributed by atoms with Gasteiger partial charge in [0.1, 0.15) is 6.10 Å². The Bertz CT molecular complexity index is 471. The molecule has 0 spiro atoms. The third-order valence-corrected chi connectivity index (χ3v) is 2.77. The number of ether oxygens (including phenoxy) is 1. The number of likely N-dealkylation sites (N-methyl/N-ethyl adjacent to an activating group) is 1. The van der Waals surface area contributed by atoms with Gasteiger partial charge in [0.2, 0.25) is 0 Å². The van der Waals surface area contributed by atoms with Crippen molar-refractivity contribution in [3.63, 3.8) is 0 Å². The van der Waals surface area contributed by atoms with Gasteiger partial charge in [-0.15, -0.1) is 0 Å². The van der Waals surface area contributed by atoms with Crippen molar-refractivity contribution in [2.24, 2.45) is 0 Å². The second kappa shape index (κ2) is 3.28. The summed E-state index contributed by atoms with van der Waals surface area (Å²) in [5.41, 5.74) is 0.854. The molecule has 0 radical (unpaired) electrons. The predicted octanol–water partition coefficient (Wildman–Crippen LogP) is 2.13. The highest BCUT2D eigenvalue weighted by atomic mass is 16.5. The van der Waals surface area contributed by atoms with Crippen LogP contribution in [-0.2, 0) is 0 Å². The van der Waals surface area contributed by atoms with Gasteiger partial charge < -0.3 is 9.15 Å². The molecule has 2 aromatic rings. The molecule has 1 fully saturated rings. The number of likely N-dealkylation sites (tertiary alicyclic amines) is 1. The number of rotatable bonds is 2. The Hall–Kier alpha value is -1.48. The second-order valence-corrected chi connectivity index (χ2v) is 4.06. The Balaban J connectivity index is 1.87. The molecule has 2 heterocycles. The van der Waals surface area contributed by atoms with Gasteiger partial charge in [-0.1, -0.05) is 12.1 Å². The van der Waals surface area contributed by atoms with Crippen molar-refractivity contribution in [1.29, 1.82) is 0 Å². The van der Waals surface area contributed by atoms with Gasteiger partial charge in [-0.05, 0) is 19.2 Å². The summed E-state index contributed by atoms with van der Waals surface area (Å²) >= 11 is 0. The number of furan rings is 1. The maximum Gasteiger partial charge on any atom is 0.175 e. The van der Waals surface area contributed by atoms with E-state index in [4.69, 9.17) is 9.15 Å². The smallest absolute Gasteiger partial charge is 0.175 e. The fourth-order valence-electron chi connectivity index (χ4n) is 1.95. The van der Waals surface area contributed by atoms with Crippen LogP contribution in [0.5, 0.6) is 5.75 Å². The summed E-state index contributed by atoms with van der Waals surface area (Å²) in [5, 5.41) is 1.10. The van der Waals surface area contributed by atoms with Crippen molar-refractivity contribution in [1.82, 2.24) is 4.90 Å². The topological polar surface area (TPSA) is 25.6 Å². The Labute approximate surface area is 88.2 Å². The zero-order chi connectivity index (χ0) is 10.3. The Kier molecular flexibility index (Phi) is 1.92. The zero-order valence-electron chi connectivity index (χ0n) is 8.64. The predicted molar refractivity (Wildman–Crippen MR) is 58.1 cm³/mol. The van der Waals surface area contributed by atoms with Crippen molar-refractivity contribution >= 4 is 11.0 Å². The van der Waals surface area contributed by atoms with E-state index in [2.05, 4.69) is 11.9 Å². The third-order valence-electron chi connectivity index (χ3n) is 2.77. The quantitative estimate of drug-likeness (QED) is 0.747. The number of benzene rings is 1. The summed E-state index contributed by atoms with van der Waals surface area (Å²) in [6.07, 6.45) is 2.01. The van der Waals surface area contributed by atoms with Crippen molar-refractivity contribution in [3.8, 4) is 5.75 Å². The molecule has 78 valence electrons. The molecular formula is C12H13NO2. The van der Waals surface area contributed by atoms with E-state index >= 15 is 0 Å². The standard InChI is InChI=1S/C12H13NO2/c1-13-7-10(8-13)15-11-4-2-3-9-5-6-14-12(9)11/h2-6,10H,7-8H2,1H3. The van der Waals surface area contributed by atoms with Crippen LogP contribution in [0.4, 0.5) is 0 Å². The van der Waals surface area contributed by atoms with E-state index in [1.165, 1.54) is 0 Å². The van der Waals surface area contributed by atoms with Crippen LogP contribution in [0, 0.1) is 0 Å². The summed E-state index contributed by atoms with van der Waals surface area (Å²) in [5.74, 6) is 0.857. The largest absolute Gasteiger partial charge is 0.484 e. The average Bonchev–Trinajstić information content (AvgIpc) is 2.64. The normalized spacial score (nSPS) is 17.9. The van der Waals surface area contributed by atoms with Gasteiger partial charge in [0.25, 0.3) is 0 Å². The molecule has 3 nitrogen and oxygen atoms in total. The molecule has 1 aliphatic heterocycles. The molecule has 3 rings (SSSR count). The van der Waals surface area contributed by atoms with Crippen molar-refractivity contribution in [2.75, 3.05) is 20.1 Å². The van der Waals surface area contributed by atoms with Gasteiger partial charge >= 0.3 is 0 Å². The van der Waals surface area contributed by atoms with Crippen LogP contribution in [0.3, 0.4) is 0 Å². The summed E-state index contributed by atoms with van der Waals surface area (Å²) in [6.45, 7) is 1.99. The maximum atomic E-state index is 5.86. The fourth-order valence-corrected chi connectivity index (χ4v) is 1.95. The molecule has 0 bridgehead atoms. The summed E-state index contributed by atoms with van der Waals surface area (Å²) in [6, 6.07) is 7.94. The highest BCUT2D eigenvalue weighted by Crippen LogP contribution is 2.28. The maximum absolute atomic E-state index is 5.86. The minimum absolute atomic E-state index is 0.311. The summed E-state index contributed by atoms with van der Waals surface area (Å²) in [4.78, 5) is 2.23. The molecule has 1 aromatic carbocycles. The van der Waals surface area contributed by atoms with Crippen molar-refractivity contribution < 1.29 is 9.15 Å². The van der Waals surface area contributed by atoms with Crippen molar-refractivity contribution in [3.05, 3.63) is 30.5 Å². The summed E-state index contributed by atoms with van der Waals surface area (Å²) in [7, 11) is 2.09. The van der Waals surface area contributed by atoms with E-state index in [1.54, 1.807) is 6.26 Å². The van der Waals surface area contributed by atoms with Crippen LogP contribution < -0.4 is 4.74 Å². The molecule has 0 saturated carbocycles. The van der Waals surface area contributed by atoms with Gasteiger partial charge in [0, 0.05) is 18.5 Å². The van der Waals surface area contributed by atoms with Crippen LogP contribution in [0.1, 0.15) is 0 Å². The lowest BCUT2D eigenvalue weighted by Gasteiger charge is -2.35. The molecule has 1 saturated heterocycles. The lowest BCUT2D eigenvalue weighted by Crippen LogP contribution is -2.51. The number of para-hydroxylation sites is 1. The van der Waals surface area contributed by atoms with Crippen LogP contribution in [0.15, 0.2) is 34.9 Å². The van der Waals surface area contributed by atoms with Crippen molar-refractivity contribution in [2.45, 2.75) is 6.10 Å². The van der Waals surface area contributed by atoms with Gasteiger partial charge in [-0.3, -0.25) is 4.90 Å². The van der Waals surface area contributed by atoms with Gasteiger partial charge in [0.15, 0.2) is 11.3 Å². The molecule has 0 amide bonds. The molecule has 0 atom stereocenters. The molecule has 0 N–H and O–H groups in total. The van der Waals surface area contributed by atoms with E-state index in [0.29, 0.717) is 6.10 Å². The van der Waals surface area contributed by atoms with Gasteiger partial charge in [-0.25, -0.2) is 0 Å². The van der Waals surface area contributed by atoms with Crippen LogP contribution in [0.2, 0.25) is 0 Å². The minimum atomic E-state index is 0.311. The van der Waals surface area contributed by atoms with E-state index in [9.17, 15) is 0 Å². The van der Waals surface area contributed by atoms with Crippen LogP contribution in [-0.4, -0.2) is 31.1 Å². The Morgan fingerprint density at radius 2 is 2.20 bits per heavy atom. The summed E-state index contributed by atoms with van der Waals surface area (Å²) < 4.78 is 11.3. The van der Waals surface area contributed by atoms with Gasteiger partial charge in [0.05, 0.1) is 6.26 Å². The van der Waals surface area contributed by atoms with Crippen LogP contribution >= 0.6 is 0 Å². The number of nitrogens with zero attached hydrogens (tertiary/aromatic N) is 1.